The highest BCUT2D eigenvalue weighted by Crippen LogP contribution is 2.24. The Morgan fingerprint density at radius 1 is 1.57 bits per heavy atom. The zero-order valence-electron chi connectivity index (χ0n) is 8.03. The Kier molecular flexibility index (Phi) is 3.09. The predicted octanol–water partition coefficient (Wildman–Crippen LogP) is 1.05. The maximum Gasteiger partial charge on any atom is 0.305 e. The van der Waals surface area contributed by atoms with Crippen molar-refractivity contribution < 1.29 is 9.90 Å². The number of hydrogen-bond donors (Lipinski definition) is 3. The largest absolute Gasteiger partial charge is 0.481 e. The van der Waals surface area contributed by atoms with Gasteiger partial charge in [-0.05, 0) is 24.1 Å². The van der Waals surface area contributed by atoms with E-state index >= 15 is 0 Å². The molecular formula is C10H14N2O2. The van der Waals surface area contributed by atoms with Crippen molar-refractivity contribution >= 4 is 11.7 Å². The van der Waals surface area contributed by atoms with Gasteiger partial charge in [0.05, 0.1) is 6.42 Å². The van der Waals surface area contributed by atoms with Crippen molar-refractivity contribution in [2.24, 2.45) is 5.73 Å². The third-order valence-electron chi connectivity index (χ3n) is 2.12. The molecule has 0 heterocycles. The van der Waals surface area contributed by atoms with Gasteiger partial charge in [0, 0.05) is 11.7 Å². The summed E-state index contributed by atoms with van der Waals surface area (Å²) in [5.41, 5.74) is 13.7. The maximum absolute atomic E-state index is 10.5. The summed E-state index contributed by atoms with van der Waals surface area (Å²) >= 11 is 0. The number of carboxylic acids is 1. The fraction of sp³-hybridized carbons (Fsp3) is 0.300. The van der Waals surface area contributed by atoms with Crippen LogP contribution in [0.15, 0.2) is 18.2 Å². The molecule has 0 aliphatic carbocycles. The molecule has 4 nitrogen and oxygen atoms in total. The van der Waals surface area contributed by atoms with Crippen LogP contribution in [0.2, 0.25) is 0 Å². The van der Waals surface area contributed by atoms with Gasteiger partial charge in [0.25, 0.3) is 0 Å². The van der Waals surface area contributed by atoms with Gasteiger partial charge < -0.3 is 16.6 Å². The van der Waals surface area contributed by atoms with E-state index in [1.807, 2.05) is 19.1 Å². The highest BCUT2D eigenvalue weighted by atomic mass is 16.4. The molecule has 14 heavy (non-hydrogen) atoms. The lowest BCUT2D eigenvalue weighted by atomic mass is 9.98. The molecule has 76 valence electrons. The van der Waals surface area contributed by atoms with Gasteiger partial charge in [-0.3, -0.25) is 4.79 Å². The molecule has 0 fully saturated rings. The minimum absolute atomic E-state index is 0.102. The van der Waals surface area contributed by atoms with E-state index in [1.54, 1.807) is 6.07 Å². The fourth-order valence-electron chi connectivity index (χ4n) is 1.50. The first-order valence-electron chi connectivity index (χ1n) is 4.34. The molecule has 1 atom stereocenters. The summed E-state index contributed by atoms with van der Waals surface area (Å²) in [6.07, 6.45) is -0.102. The van der Waals surface area contributed by atoms with Gasteiger partial charge >= 0.3 is 5.97 Å². The Morgan fingerprint density at radius 2 is 2.21 bits per heavy atom. The van der Waals surface area contributed by atoms with E-state index in [2.05, 4.69) is 0 Å². The van der Waals surface area contributed by atoms with Crippen LogP contribution < -0.4 is 11.5 Å². The van der Waals surface area contributed by atoms with E-state index < -0.39 is 12.0 Å². The van der Waals surface area contributed by atoms with Crippen LogP contribution >= 0.6 is 0 Å². The number of anilines is 1. The van der Waals surface area contributed by atoms with Crippen molar-refractivity contribution in [2.45, 2.75) is 19.4 Å². The zero-order valence-corrected chi connectivity index (χ0v) is 8.03. The highest BCUT2D eigenvalue weighted by molar-refractivity contribution is 5.69. The van der Waals surface area contributed by atoms with Crippen LogP contribution in [0.25, 0.3) is 0 Å². The third kappa shape index (κ3) is 2.23. The second-order valence-corrected chi connectivity index (χ2v) is 3.28. The van der Waals surface area contributed by atoms with Crippen molar-refractivity contribution in [1.82, 2.24) is 0 Å². The summed E-state index contributed by atoms with van der Waals surface area (Å²) < 4.78 is 0. The quantitative estimate of drug-likeness (QED) is 0.627. The predicted molar refractivity (Wildman–Crippen MR) is 54.8 cm³/mol. The van der Waals surface area contributed by atoms with Crippen molar-refractivity contribution in [3.63, 3.8) is 0 Å². The highest BCUT2D eigenvalue weighted by Gasteiger charge is 2.15. The molecule has 1 rings (SSSR count). The second-order valence-electron chi connectivity index (χ2n) is 3.28. The first-order chi connectivity index (χ1) is 6.52. The number of carboxylic acid groups (broad SMARTS) is 1. The van der Waals surface area contributed by atoms with Crippen LogP contribution in [-0.2, 0) is 4.79 Å². The van der Waals surface area contributed by atoms with Crippen molar-refractivity contribution in [2.75, 3.05) is 5.73 Å². The fourth-order valence-corrected chi connectivity index (χ4v) is 1.50. The maximum atomic E-state index is 10.5. The number of nitrogen functional groups attached to an aromatic ring is 1. The van der Waals surface area contributed by atoms with E-state index in [0.29, 0.717) is 5.69 Å². The molecule has 0 aliphatic heterocycles. The first kappa shape index (κ1) is 10.5. The number of benzene rings is 1. The van der Waals surface area contributed by atoms with Gasteiger partial charge in [0.15, 0.2) is 0 Å². The normalized spacial score (nSPS) is 12.4. The molecular weight excluding hydrogens is 180 g/mol. The molecule has 0 saturated heterocycles. The van der Waals surface area contributed by atoms with Gasteiger partial charge in [-0.25, -0.2) is 0 Å². The van der Waals surface area contributed by atoms with Gasteiger partial charge in [-0.1, -0.05) is 12.1 Å². The zero-order chi connectivity index (χ0) is 10.7. The molecule has 0 amide bonds. The standard InChI is InChI=1S/C10H14N2O2/c1-6-3-2-4-7(11)10(6)8(12)5-9(13)14/h2-4,8H,5,11-12H2,1H3,(H,13,14)/t8-/m1/s1. The number of aryl methyl sites for hydroxylation is 1. The van der Waals surface area contributed by atoms with E-state index in [1.165, 1.54) is 0 Å². The molecule has 0 radical (unpaired) electrons. The number of rotatable bonds is 3. The molecule has 0 aliphatic rings. The van der Waals surface area contributed by atoms with Crippen molar-refractivity contribution in [3.8, 4) is 0 Å². The summed E-state index contributed by atoms with van der Waals surface area (Å²) in [6, 6.07) is 4.88. The van der Waals surface area contributed by atoms with Gasteiger partial charge in [0.2, 0.25) is 0 Å². The molecule has 1 aromatic rings. The summed E-state index contributed by atoms with van der Waals surface area (Å²) in [7, 11) is 0. The van der Waals surface area contributed by atoms with Crippen LogP contribution in [0.1, 0.15) is 23.6 Å². The van der Waals surface area contributed by atoms with E-state index in [4.69, 9.17) is 16.6 Å². The average Bonchev–Trinajstić information content (AvgIpc) is 2.01. The summed E-state index contributed by atoms with van der Waals surface area (Å²) in [5, 5.41) is 8.61. The summed E-state index contributed by atoms with van der Waals surface area (Å²) in [6.45, 7) is 1.87. The molecule has 0 bridgehead atoms. The second kappa shape index (κ2) is 4.11. The van der Waals surface area contributed by atoms with Crippen molar-refractivity contribution in [3.05, 3.63) is 29.3 Å². The Labute approximate surface area is 82.5 Å². The van der Waals surface area contributed by atoms with Crippen LogP contribution in [0, 0.1) is 6.92 Å². The van der Waals surface area contributed by atoms with Gasteiger partial charge in [-0.15, -0.1) is 0 Å². The molecule has 0 aromatic heterocycles. The Morgan fingerprint density at radius 3 is 2.71 bits per heavy atom. The monoisotopic (exact) mass is 194 g/mol. The van der Waals surface area contributed by atoms with E-state index in [9.17, 15) is 4.79 Å². The van der Waals surface area contributed by atoms with E-state index in [0.717, 1.165) is 11.1 Å². The van der Waals surface area contributed by atoms with Gasteiger partial charge in [-0.2, -0.15) is 0 Å². The Bertz CT molecular complexity index is 330. The Balaban J connectivity index is 2.99. The lowest BCUT2D eigenvalue weighted by molar-refractivity contribution is -0.137. The van der Waals surface area contributed by atoms with Gasteiger partial charge in [0.1, 0.15) is 0 Å². The molecule has 1 aromatic carbocycles. The minimum Gasteiger partial charge on any atom is -0.481 e. The topological polar surface area (TPSA) is 89.3 Å². The Hall–Kier alpha value is -1.55. The van der Waals surface area contributed by atoms with Crippen LogP contribution in [-0.4, -0.2) is 11.1 Å². The van der Waals surface area contributed by atoms with Crippen LogP contribution in [0.3, 0.4) is 0 Å². The average molecular weight is 194 g/mol. The smallest absolute Gasteiger partial charge is 0.305 e. The molecule has 0 spiro atoms. The number of carbonyl (C=O) groups is 1. The number of hydrogen-bond acceptors (Lipinski definition) is 3. The third-order valence-corrected chi connectivity index (χ3v) is 2.12. The lowest BCUT2D eigenvalue weighted by Gasteiger charge is -2.14. The molecule has 4 heteroatoms. The van der Waals surface area contributed by atoms with Crippen molar-refractivity contribution in [1.29, 1.82) is 0 Å². The van der Waals surface area contributed by atoms with Crippen LogP contribution in [0.5, 0.6) is 0 Å². The number of nitrogens with two attached hydrogens (primary N) is 2. The lowest BCUT2D eigenvalue weighted by Crippen LogP contribution is -2.17. The first-order valence-corrected chi connectivity index (χ1v) is 4.34. The molecule has 5 N–H and O–H groups in total. The summed E-state index contributed by atoms with van der Waals surface area (Å²) in [5.74, 6) is -0.917. The van der Waals surface area contributed by atoms with E-state index in [-0.39, 0.29) is 6.42 Å². The molecule has 0 saturated carbocycles. The number of aliphatic carboxylic acids is 1. The van der Waals surface area contributed by atoms with Crippen LogP contribution in [0.4, 0.5) is 5.69 Å². The SMILES string of the molecule is Cc1cccc(N)c1[C@H](N)CC(=O)O. The summed E-state index contributed by atoms with van der Waals surface area (Å²) in [4.78, 5) is 10.5. The molecule has 0 unspecified atom stereocenters. The minimum atomic E-state index is -0.917.